The number of carbonyl (C=O) groups is 1. The molecule has 21 heavy (non-hydrogen) atoms. The Kier molecular flexibility index (Phi) is 7.46. The van der Waals surface area contributed by atoms with Crippen molar-refractivity contribution >= 4 is 6.09 Å². The minimum Gasteiger partial charge on any atom is -0.444 e. The molecule has 1 heterocycles. The Morgan fingerprint density at radius 3 is 2.62 bits per heavy atom. The molecule has 0 aromatic carbocycles. The summed E-state index contributed by atoms with van der Waals surface area (Å²) in [5, 5.41) is 6.36. The van der Waals surface area contributed by atoms with E-state index in [2.05, 4.69) is 17.6 Å². The van der Waals surface area contributed by atoms with Gasteiger partial charge in [0.2, 0.25) is 0 Å². The first-order valence-electron chi connectivity index (χ1n) is 8.11. The number of carbonyl (C=O) groups excluding carboxylic acids is 1. The molecule has 1 aliphatic rings. The zero-order chi connectivity index (χ0) is 15.9. The lowest BCUT2D eigenvalue weighted by molar-refractivity contribution is 0.0504. The van der Waals surface area contributed by atoms with Gasteiger partial charge in [-0.15, -0.1) is 0 Å². The maximum Gasteiger partial charge on any atom is 0.407 e. The maximum atomic E-state index is 11.7. The van der Waals surface area contributed by atoms with Gasteiger partial charge in [0, 0.05) is 18.7 Å². The molecule has 0 unspecified atom stereocenters. The quantitative estimate of drug-likeness (QED) is 0.759. The molecule has 2 N–H and O–H groups in total. The summed E-state index contributed by atoms with van der Waals surface area (Å²) in [4.78, 5) is 11.7. The predicted molar refractivity (Wildman–Crippen MR) is 84.5 cm³/mol. The summed E-state index contributed by atoms with van der Waals surface area (Å²) in [5.41, 5.74) is -0.449. The van der Waals surface area contributed by atoms with Crippen LogP contribution in [0, 0.1) is 0 Å². The number of ether oxygens (including phenoxy) is 2. The second-order valence-electron chi connectivity index (χ2n) is 7.06. The predicted octanol–water partition coefficient (Wildman–Crippen LogP) is 2.84. The Bertz CT molecular complexity index is 309. The normalized spacial score (nSPS) is 21.9. The Balaban J connectivity index is 2.11. The molecule has 0 spiro atoms. The van der Waals surface area contributed by atoms with Gasteiger partial charge in [-0.1, -0.05) is 0 Å². The van der Waals surface area contributed by atoms with Gasteiger partial charge in [0.1, 0.15) is 5.60 Å². The Morgan fingerprint density at radius 1 is 1.33 bits per heavy atom. The molecule has 0 aliphatic carbocycles. The first-order chi connectivity index (χ1) is 9.76. The van der Waals surface area contributed by atoms with Crippen LogP contribution in [0.4, 0.5) is 4.79 Å². The van der Waals surface area contributed by atoms with Crippen LogP contribution >= 0.6 is 0 Å². The molecule has 0 aromatic heterocycles. The van der Waals surface area contributed by atoms with Crippen LogP contribution in [0.15, 0.2) is 0 Å². The van der Waals surface area contributed by atoms with Crippen LogP contribution in [0.25, 0.3) is 0 Å². The molecule has 5 nitrogen and oxygen atoms in total. The molecule has 0 aromatic rings. The molecule has 3 atom stereocenters. The van der Waals surface area contributed by atoms with E-state index in [1.54, 1.807) is 0 Å². The maximum absolute atomic E-state index is 11.7. The molecule has 0 radical (unpaired) electrons. The van der Waals surface area contributed by atoms with Gasteiger partial charge < -0.3 is 20.1 Å². The Labute approximate surface area is 129 Å². The van der Waals surface area contributed by atoms with Crippen molar-refractivity contribution in [1.29, 1.82) is 0 Å². The SMILES string of the molecule is C[C@H](C[C@H](C)NC(=O)OC(C)(C)C)NCC[C@H]1CCCO1. The highest BCUT2D eigenvalue weighted by atomic mass is 16.6. The molecule has 1 saturated heterocycles. The average Bonchev–Trinajstić information content (AvgIpc) is 2.78. The second kappa shape index (κ2) is 8.59. The van der Waals surface area contributed by atoms with E-state index in [1.807, 2.05) is 27.7 Å². The first kappa shape index (κ1) is 18.2. The summed E-state index contributed by atoms with van der Waals surface area (Å²) >= 11 is 0. The average molecular weight is 300 g/mol. The lowest BCUT2D eigenvalue weighted by Crippen LogP contribution is -2.41. The lowest BCUT2D eigenvalue weighted by atomic mass is 10.1. The van der Waals surface area contributed by atoms with Crippen molar-refractivity contribution in [2.75, 3.05) is 13.2 Å². The Morgan fingerprint density at radius 2 is 2.05 bits per heavy atom. The largest absolute Gasteiger partial charge is 0.444 e. The van der Waals surface area contributed by atoms with Crippen molar-refractivity contribution in [3.8, 4) is 0 Å². The van der Waals surface area contributed by atoms with E-state index in [0.29, 0.717) is 12.1 Å². The van der Waals surface area contributed by atoms with Gasteiger partial charge in [-0.2, -0.15) is 0 Å². The summed E-state index contributed by atoms with van der Waals surface area (Å²) in [6, 6.07) is 0.446. The molecule has 5 heteroatoms. The van der Waals surface area contributed by atoms with E-state index in [9.17, 15) is 4.79 Å². The van der Waals surface area contributed by atoms with E-state index in [0.717, 1.165) is 26.0 Å². The summed E-state index contributed by atoms with van der Waals surface area (Å²) in [7, 11) is 0. The highest BCUT2D eigenvalue weighted by Crippen LogP contribution is 2.14. The van der Waals surface area contributed by atoms with Crippen LogP contribution in [0.5, 0.6) is 0 Å². The second-order valence-corrected chi connectivity index (χ2v) is 7.06. The monoisotopic (exact) mass is 300 g/mol. The molecule has 1 rings (SSSR count). The zero-order valence-corrected chi connectivity index (χ0v) is 14.2. The molecule has 1 aliphatic heterocycles. The standard InChI is InChI=1S/C16H32N2O3/c1-12(17-9-8-14-7-6-10-20-14)11-13(2)18-15(19)21-16(3,4)5/h12-14,17H,6-11H2,1-5H3,(H,18,19)/t12-,13+,14-/m1/s1. The molecular formula is C16H32N2O3. The van der Waals surface area contributed by atoms with Crippen molar-refractivity contribution in [2.24, 2.45) is 0 Å². The minimum atomic E-state index is -0.449. The van der Waals surface area contributed by atoms with Crippen molar-refractivity contribution in [3.63, 3.8) is 0 Å². The number of rotatable bonds is 7. The number of hydrogen-bond donors (Lipinski definition) is 2. The molecular weight excluding hydrogens is 268 g/mol. The fraction of sp³-hybridized carbons (Fsp3) is 0.938. The molecule has 124 valence electrons. The van der Waals surface area contributed by atoms with E-state index < -0.39 is 5.60 Å². The van der Waals surface area contributed by atoms with E-state index in [1.165, 1.54) is 12.8 Å². The third kappa shape index (κ3) is 8.94. The van der Waals surface area contributed by atoms with Crippen molar-refractivity contribution in [3.05, 3.63) is 0 Å². The number of amides is 1. The van der Waals surface area contributed by atoms with Crippen LogP contribution in [0.1, 0.15) is 60.3 Å². The minimum absolute atomic E-state index is 0.0880. The first-order valence-corrected chi connectivity index (χ1v) is 8.11. The molecule has 1 fully saturated rings. The number of nitrogens with one attached hydrogen (secondary N) is 2. The lowest BCUT2D eigenvalue weighted by Gasteiger charge is -2.24. The van der Waals surface area contributed by atoms with E-state index in [-0.39, 0.29) is 12.1 Å². The van der Waals surface area contributed by atoms with E-state index >= 15 is 0 Å². The van der Waals surface area contributed by atoms with E-state index in [4.69, 9.17) is 9.47 Å². The van der Waals surface area contributed by atoms with Gasteiger partial charge in [0.15, 0.2) is 0 Å². The third-order valence-electron chi connectivity index (χ3n) is 3.45. The fourth-order valence-corrected chi connectivity index (χ4v) is 2.54. The molecule has 0 bridgehead atoms. The Hall–Kier alpha value is -0.810. The van der Waals surface area contributed by atoms with Gasteiger partial charge in [-0.05, 0) is 66.8 Å². The molecule has 1 amide bonds. The van der Waals surface area contributed by atoms with Gasteiger partial charge in [-0.3, -0.25) is 0 Å². The summed E-state index contributed by atoms with van der Waals surface area (Å²) in [5.74, 6) is 0. The highest BCUT2D eigenvalue weighted by Gasteiger charge is 2.19. The van der Waals surface area contributed by atoms with Crippen LogP contribution in [0.2, 0.25) is 0 Å². The summed E-state index contributed by atoms with van der Waals surface area (Å²) in [6.45, 7) is 11.6. The zero-order valence-electron chi connectivity index (χ0n) is 14.2. The third-order valence-corrected chi connectivity index (χ3v) is 3.45. The topological polar surface area (TPSA) is 59.6 Å². The van der Waals surface area contributed by atoms with Gasteiger partial charge >= 0.3 is 6.09 Å². The van der Waals surface area contributed by atoms with Crippen LogP contribution in [-0.4, -0.2) is 43.0 Å². The fourth-order valence-electron chi connectivity index (χ4n) is 2.54. The van der Waals surface area contributed by atoms with Gasteiger partial charge in [-0.25, -0.2) is 4.79 Å². The van der Waals surface area contributed by atoms with Crippen molar-refractivity contribution < 1.29 is 14.3 Å². The smallest absolute Gasteiger partial charge is 0.407 e. The number of hydrogen-bond acceptors (Lipinski definition) is 4. The number of alkyl carbamates (subject to hydrolysis) is 1. The summed E-state index contributed by atoms with van der Waals surface area (Å²) in [6.07, 6.45) is 4.41. The molecule has 0 saturated carbocycles. The van der Waals surface area contributed by atoms with Crippen molar-refractivity contribution in [2.45, 2.75) is 84.1 Å². The highest BCUT2D eigenvalue weighted by molar-refractivity contribution is 5.68. The summed E-state index contributed by atoms with van der Waals surface area (Å²) < 4.78 is 10.9. The van der Waals surface area contributed by atoms with Crippen LogP contribution in [0.3, 0.4) is 0 Å². The van der Waals surface area contributed by atoms with Crippen LogP contribution < -0.4 is 10.6 Å². The van der Waals surface area contributed by atoms with Crippen LogP contribution in [-0.2, 0) is 9.47 Å². The van der Waals surface area contributed by atoms with Gasteiger partial charge in [0.25, 0.3) is 0 Å². The van der Waals surface area contributed by atoms with Crippen molar-refractivity contribution in [1.82, 2.24) is 10.6 Å². The van der Waals surface area contributed by atoms with Gasteiger partial charge in [0.05, 0.1) is 6.10 Å².